The van der Waals surface area contributed by atoms with Gasteiger partial charge >= 0.3 is 0 Å². The standard InChI is InChI=1S/C16H26N2O2S.ClH/c1-13(18(2)12-14-8-10-17-11-9-14)15-4-6-16(7-5-15)21(3,19)20;/h4-7,13-14,17H,8-12H2,1-3H3;1H. The molecule has 1 aromatic carbocycles. The molecule has 0 aliphatic carbocycles. The van der Waals surface area contributed by atoms with Crippen LogP contribution >= 0.6 is 12.4 Å². The summed E-state index contributed by atoms with van der Waals surface area (Å²) in [6, 6.07) is 7.58. The van der Waals surface area contributed by atoms with E-state index in [1.807, 2.05) is 12.1 Å². The maximum absolute atomic E-state index is 11.5. The molecule has 1 saturated heterocycles. The fourth-order valence-electron chi connectivity index (χ4n) is 2.88. The maximum atomic E-state index is 11.5. The van der Waals surface area contributed by atoms with E-state index in [2.05, 4.69) is 24.2 Å². The zero-order valence-electron chi connectivity index (χ0n) is 13.6. The number of benzene rings is 1. The van der Waals surface area contributed by atoms with Gasteiger partial charge in [-0.2, -0.15) is 0 Å². The Morgan fingerprint density at radius 1 is 1.23 bits per heavy atom. The molecule has 4 nitrogen and oxygen atoms in total. The number of halogens is 1. The van der Waals surface area contributed by atoms with E-state index in [0.717, 1.165) is 25.6 Å². The van der Waals surface area contributed by atoms with Gasteiger partial charge in [0.25, 0.3) is 0 Å². The summed E-state index contributed by atoms with van der Waals surface area (Å²) >= 11 is 0. The molecule has 126 valence electrons. The second-order valence-electron chi connectivity index (χ2n) is 6.15. The minimum absolute atomic E-state index is 0. The normalized spacial score (nSPS) is 18.0. The highest BCUT2D eigenvalue weighted by atomic mass is 35.5. The van der Waals surface area contributed by atoms with E-state index < -0.39 is 9.84 Å². The molecule has 1 N–H and O–H groups in total. The van der Waals surface area contributed by atoms with Crippen LogP contribution in [-0.4, -0.2) is 46.3 Å². The molecular weight excluding hydrogens is 320 g/mol. The number of hydrogen-bond acceptors (Lipinski definition) is 4. The van der Waals surface area contributed by atoms with Gasteiger partial charge in [0, 0.05) is 18.8 Å². The van der Waals surface area contributed by atoms with Crippen LogP contribution in [0.5, 0.6) is 0 Å². The van der Waals surface area contributed by atoms with Crippen LogP contribution in [0.3, 0.4) is 0 Å². The number of sulfone groups is 1. The second kappa shape index (κ2) is 8.29. The lowest BCUT2D eigenvalue weighted by Crippen LogP contribution is -2.35. The van der Waals surface area contributed by atoms with Crippen LogP contribution in [0.25, 0.3) is 0 Å². The lowest BCUT2D eigenvalue weighted by molar-refractivity contribution is 0.196. The van der Waals surface area contributed by atoms with Gasteiger partial charge in [0.05, 0.1) is 4.90 Å². The quantitative estimate of drug-likeness (QED) is 0.890. The van der Waals surface area contributed by atoms with Gasteiger partial charge in [-0.3, -0.25) is 4.90 Å². The number of nitrogens with one attached hydrogen (secondary N) is 1. The Hall–Kier alpha value is -0.620. The Morgan fingerprint density at radius 3 is 2.27 bits per heavy atom. The summed E-state index contributed by atoms with van der Waals surface area (Å²) in [6.07, 6.45) is 3.73. The molecule has 0 amide bonds. The predicted molar refractivity (Wildman–Crippen MR) is 93.4 cm³/mol. The van der Waals surface area contributed by atoms with Crippen molar-refractivity contribution >= 4 is 22.2 Å². The van der Waals surface area contributed by atoms with Gasteiger partial charge in [-0.1, -0.05) is 12.1 Å². The largest absolute Gasteiger partial charge is 0.317 e. The summed E-state index contributed by atoms with van der Waals surface area (Å²) in [5.74, 6) is 0.758. The van der Waals surface area contributed by atoms with E-state index in [-0.39, 0.29) is 12.4 Å². The average molecular weight is 347 g/mol. The van der Waals surface area contributed by atoms with Crippen LogP contribution in [0.2, 0.25) is 0 Å². The molecule has 2 rings (SSSR count). The van der Waals surface area contributed by atoms with Crippen LogP contribution in [0, 0.1) is 5.92 Å². The van der Waals surface area contributed by atoms with Crippen molar-refractivity contribution in [2.75, 3.05) is 32.9 Å². The Kier molecular flexibility index (Phi) is 7.32. The van der Waals surface area contributed by atoms with Crippen molar-refractivity contribution in [3.8, 4) is 0 Å². The molecule has 1 aliphatic heterocycles. The van der Waals surface area contributed by atoms with Crippen molar-refractivity contribution in [1.29, 1.82) is 0 Å². The first-order chi connectivity index (χ1) is 9.88. The highest BCUT2D eigenvalue weighted by Crippen LogP contribution is 2.23. The topological polar surface area (TPSA) is 49.4 Å². The fourth-order valence-corrected chi connectivity index (χ4v) is 3.51. The van der Waals surface area contributed by atoms with Crippen LogP contribution < -0.4 is 5.32 Å². The summed E-state index contributed by atoms with van der Waals surface area (Å²) in [6.45, 7) is 5.51. The third kappa shape index (κ3) is 5.23. The summed E-state index contributed by atoms with van der Waals surface area (Å²) < 4.78 is 23.0. The van der Waals surface area contributed by atoms with E-state index in [9.17, 15) is 8.42 Å². The van der Waals surface area contributed by atoms with Gasteiger partial charge in [-0.25, -0.2) is 8.42 Å². The Labute approximate surface area is 140 Å². The molecule has 22 heavy (non-hydrogen) atoms. The summed E-state index contributed by atoms with van der Waals surface area (Å²) in [7, 11) is -0.959. The smallest absolute Gasteiger partial charge is 0.175 e. The summed E-state index contributed by atoms with van der Waals surface area (Å²) in [5, 5.41) is 3.39. The van der Waals surface area contributed by atoms with Crippen molar-refractivity contribution in [2.45, 2.75) is 30.7 Å². The van der Waals surface area contributed by atoms with Crippen molar-refractivity contribution in [3.05, 3.63) is 29.8 Å². The Morgan fingerprint density at radius 2 is 1.77 bits per heavy atom. The maximum Gasteiger partial charge on any atom is 0.175 e. The molecule has 1 aromatic rings. The zero-order valence-corrected chi connectivity index (χ0v) is 15.2. The molecular formula is C16H27ClN2O2S. The van der Waals surface area contributed by atoms with E-state index in [1.165, 1.54) is 24.7 Å². The van der Waals surface area contributed by atoms with E-state index in [0.29, 0.717) is 10.9 Å². The van der Waals surface area contributed by atoms with Crippen molar-refractivity contribution in [3.63, 3.8) is 0 Å². The third-order valence-corrected chi connectivity index (χ3v) is 5.59. The molecule has 1 unspecified atom stereocenters. The van der Waals surface area contributed by atoms with Crippen molar-refractivity contribution < 1.29 is 8.42 Å². The molecule has 0 bridgehead atoms. The summed E-state index contributed by atoms with van der Waals surface area (Å²) in [4.78, 5) is 2.75. The first-order valence-corrected chi connectivity index (χ1v) is 9.48. The van der Waals surface area contributed by atoms with Crippen LogP contribution in [0.15, 0.2) is 29.2 Å². The van der Waals surface area contributed by atoms with E-state index >= 15 is 0 Å². The predicted octanol–water partition coefficient (Wildman–Crippen LogP) is 2.50. The molecule has 0 aromatic heterocycles. The number of hydrogen-bond donors (Lipinski definition) is 1. The molecule has 1 fully saturated rings. The van der Waals surface area contributed by atoms with Gasteiger partial charge in [0.2, 0.25) is 0 Å². The first kappa shape index (κ1) is 19.4. The molecule has 1 atom stereocenters. The Balaban J connectivity index is 0.00000242. The molecule has 0 saturated carbocycles. The highest BCUT2D eigenvalue weighted by Gasteiger charge is 2.19. The van der Waals surface area contributed by atoms with E-state index in [4.69, 9.17) is 0 Å². The van der Waals surface area contributed by atoms with Gasteiger partial charge in [-0.05, 0) is 63.5 Å². The van der Waals surface area contributed by atoms with Crippen molar-refractivity contribution in [2.24, 2.45) is 5.92 Å². The number of piperidine rings is 1. The summed E-state index contributed by atoms with van der Waals surface area (Å²) in [5.41, 5.74) is 1.17. The molecule has 1 aliphatic rings. The molecule has 0 radical (unpaired) electrons. The van der Waals surface area contributed by atoms with Gasteiger partial charge in [-0.15, -0.1) is 12.4 Å². The lowest BCUT2D eigenvalue weighted by atomic mass is 9.96. The van der Waals surface area contributed by atoms with Gasteiger partial charge in [0.1, 0.15) is 0 Å². The van der Waals surface area contributed by atoms with Crippen LogP contribution in [-0.2, 0) is 9.84 Å². The van der Waals surface area contributed by atoms with E-state index in [1.54, 1.807) is 12.1 Å². The third-order valence-electron chi connectivity index (χ3n) is 4.46. The molecule has 1 heterocycles. The zero-order chi connectivity index (χ0) is 15.5. The average Bonchev–Trinajstić information content (AvgIpc) is 2.46. The lowest BCUT2D eigenvalue weighted by Gasteiger charge is -2.31. The number of rotatable bonds is 5. The van der Waals surface area contributed by atoms with Crippen molar-refractivity contribution in [1.82, 2.24) is 10.2 Å². The monoisotopic (exact) mass is 346 g/mol. The fraction of sp³-hybridized carbons (Fsp3) is 0.625. The Bertz CT molecular complexity index is 554. The van der Waals surface area contributed by atoms with Crippen LogP contribution in [0.1, 0.15) is 31.4 Å². The van der Waals surface area contributed by atoms with Gasteiger partial charge in [0.15, 0.2) is 9.84 Å². The first-order valence-electron chi connectivity index (χ1n) is 7.59. The minimum atomic E-state index is -3.11. The molecule has 6 heteroatoms. The minimum Gasteiger partial charge on any atom is -0.317 e. The second-order valence-corrected chi connectivity index (χ2v) is 8.17. The highest BCUT2D eigenvalue weighted by molar-refractivity contribution is 7.90. The number of nitrogens with zero attached hydrogens (tertiary/aromatic N) is 1. The van der Waals surface area contributed by atoms with Gasteiger partial charge < -0.3 is 5.32 Å². The van der Waals surface area contributed by atoms with Crippen LogP contribution in [0.4, 0.5) is 0 Å². The SMILES string of the molecule is CC(c1ccc(S(C)(=O)=O)cc1)N(C)CC1CCNCC1.Cl. The molecule has 0 spiro atoms.